The Morgan fingerprint density at radius 3 is 2.59 bits per heavy atom. The molecule has 7 nitrogen and oxygen atoms in total. The molecule has 2 atom stereocenters. The van der Waals surface area contributed by atoms with Crippen molar-refractivity contribution in [3.63, 3.8) is 0 Å². The predicted octanol–water partition coefficient (Wildman–Crippen LogP) is -1.35. The highest BCUT2D eigenvalue weighted by atomic mass is 16.4. The quantitative estimate of drug-likeness (QED) is 0.550. The van der Waals surface area contributed by atoms with Crippen LogP contribution in [0.2, 0.25) is 0 Å². The first kappa shape index (κ1) is 13.4. The third-order valence-electron chi connectivity index (χ3n) is 2.84. The second kappa shape index (κ2) is 5.62. The summed E-state index contributed by atoms with van der Waals surface area (Å²) in [5.41, 5.74) is 10.6. The zero-order chi connectivity index (χ0) is 13.0. The van der Waals surface area contributed by atoms with E-state index < -0.39 is 29.9 Å². The van der Waals surface area contributed by atoms with Gasteiger partial charge in [-0.25, -0.2) is 4.79 Å². The van der Waals surface area contributed by atoms with Crippen LogP contribution >= 0.6 is 0 Å². The first-order valence-corrected chi connectivity index (χ1v) is 5.50. The van der Waals surface area contributed by atoms with Gasteiger partial charge in [-0.15, -0.1) is 0 Å². The predicted molar refractivity (Wildman–Crippen MR) is 58.8 cm³/mol. The Balaban J connectivity index is 2.56. The molecule has 0 aliphatic carbocycles. The van der Waals surface area contributed by atoms with Crippen LogP contribution < -0.4 is 11.5 Å². The summed E-state index contributed by atoms with van der Waals surface area (Å²) < 4.78 is 0. The number of hydrogen-bond donors (Lipinski definition) is 3. The van der Waals surface area contributed by atoms with Crippen molar-refractivity contribution < 1.29 is 19.5 Å². The van der Waals surface area contributed by atoms with E-state index in [1.807, 2.05) is 0 Å². The Morgan fingerprint density at radius 2 is 2.06 bits per heavy atom. The lowest BCUT2D eigenvalue weighted by Crippen LogP contribution is -2.48. The maximum atomic E-state index is 11.9. The number of rotatable bonds is 5. The summed E-state index contributed by atoms with van der Waals surface area (Å²) in [6, 6.07) is -1.65. The number of carboxylic acid groups (broad SMARTS) is 1. The van der Waals surface area contributed by atoms with E-state index in [4.69, 9.17) is 16.6 Å². The Labute approximate surface area is 98.7 Å². The van der Waals surface area contributed by atoms with Crippen molar-refractivity contribution in [2.24, 2.45) is 11.5 Å². The molecule has 2 unspecified atom stereocenters. The van der Waals surface area contributed by atoms with Crippen molar-refractivity contribution >= 4 is 17.8 Å². The molecule has 0 radical (unpaired) electrons. The molecular formula is C10H17N3O4. The molecule has 0 aromatic carbocycles. The fraction of sp³-hybridized carbons (Fsp3) is 0.700. The molecule has 0 saturated carbocycles. The number of primary amides is 1. The SMILES string of the molecule is NC(=O)CCC(N)C(=O)N1CCCC1C(=O)O. The molecule has 2 amide bonds. The van der Waals surface area contributed by atoms with Crippen molar-refractivity contribution in [1.29, 1.82) is 0 Å². The lowest BCUT2D eigenvalue weighted by atomic mass is 10.1. The lowest BCUT2D eigenvalue weighted by Gasteiger charge is -2.24. The fourth-order valence-electron chi connectivity index (χ4n) is 1.92. The van der Waals surface area contributed by atoms with E-state index in [0.29, 0.717) is 19.4 Å². The molecule has 0 aromatic heterocycles. The highest BCUT2D eigenvalue weighted by Crippen LogP contribution is 2.18. The van der Waals surface area contributed by atoms with Crippen LogP contribution in [0.5, 0.6) is 0 Å². The number of carbonyl (C=O) groups excluding carboxylic acids is 2. The van der Waals surface area contributed by atoms with Gasteiger partial charge in [-0.2, -0.15) is 0 Å². The van der Waals surface area contributed by atoms with Gasteiger partial charge in [0.15, 0.2) is 0 Å². The minimum atomic E-state index is -1.02. The van der Waals surface area contributed by atoms with Gasteiger partial charge < -0.3 is 21.5 Å². The number of nitrogens with zero attached hydrogens (tertiary/aromatic N) is 1. The summed E-state index contributed by atoms with van der Waals surface area (Å²) in [5.74, 6) is -1.96. The molecule has 0 aromatic rings. The van der Waals surface area contributed by atoms with Crippen LogP contribution in [0.1, 0.15) is 25.7 Å². The standard InChI is InChI=1S/C10H17N3O4/c11-6(3-4-8(12)14)9(15)13-5-1-2-7(13)10(16)17/h6-7H,1-5,11H2,(H2,12,14)(H,16,17). The van der Waals surface area contributed by atoms with Gasteiger partial charge >= 0.3 is 5.97 Å². The van der Waals surface area contributed by atoms with Crippen LogP contribution in [-0.2, 0) is 14.4 Å². The Hall–Kier alpha value is -1.63. The molecule has 1 aliphatic heterocycles. The number of hydrogen-bond acceptors (Lipinski definition) is 4. The zero-order valence-electron chi connectivity index (χ0n) is 9.46. The molecule has 1 saturated heterocycles. The summed E-state index contributed by atoms with van der Waals surface area (Å²) in [5, 5.41) is 8.92. The summed E-state index contributed by atoms with van der Waals surface area (Å²) in [6.45, 7) is 0.403. The lowest BCUT2D eigenvalue weighted by molar-refractivity contribution is -0.148. The van der Waals surface area contributed by atoms with Crippen molar-refractivity contribution in [1.82, 2.24) is 4.90 Å². The highest BCUT2D eigenvalue weighted by Gasteiger charge is 2.35. The number of carbonyl (C=O) groups is 3. The van der Waals surface area contributed by atoms with Crippen LogP contribution in [0, 0.1) is 0 Å². The van der Waals surface area contributed by atoms with E-state index in [0.717, 1.165) is 0 Å². The van der Waals surface area contributed by atoms with Crippen molar-refractivity contribution in [2.75, 3.05) is 6.54 Å². The molecule has 5 N–H and O–H groups in total. The van der Waals surface area contributed by atoms with Crippen molar-refractivity contribution in [2.45, 2.75) is 37.8 Å². The molecule has 1 aliphatic rings. The minimum absolute atomic E-state index is 0.0263. The first-order chi connectivity index (χ1) is 7.93. The number of nitrogens with two attached hydrogens (primary N) is 2. The van der Waals surface area contributed by atoms with Gasteiger partial charge in [0.05, 0.1) is 6.04 Å². The van der Waals surface area contributed by atoms with Gasteiger partial charge in [0.1, 0.15) is 6.04 Å². The Bertz CT molecular complexity index is 332. The van der Waals surface area contributed by atoms with Gasteiger partial charge in [0, 0.05) is 13.0 Å². The first-order valence-electron chi connectivity index (χ1n) is 5.50. The van der Waals surface area contributed by atoms with Crippen molar-refractivity contribution in [3.8, 4) is 0 Å². The molecule has 96 valence electrons. The number of carboxylic acids is 1. The Kier molecular flexibility index (Phi) is 4.45. The average molecular weight is 243 g/mol. The summed E-state index contributed by atoms with van der Waals surface area (Å²) in [4.78, 5) is 34.6. The van der Waals surface area contributed by atoms with Crippen LogP contribution in [0.25, 0.3) is 0 Å². The third kappa shape index (κ3) is 3.42. The monoisotopic (exact) mass is 243 g/mol. The van der Waals surface area contributed by atoms with E-state index in [1.54, 1.807) is 0 Å². The molecular weight excluding hydrogens is 226 g/mol. The van der Waals surface area contributed by atoms with Gasteiger partial charge in [-0.1, -0.05) is 0 Å². The maximum Gasteiger partial charge on any atom is 0.326 e. The molecule has 0 bridgehead atoms. The smallest absolute Gasteiger partial charge is 0.326 e. The number of amides is 2. The van der Waals surface area contributed by atoms with E-state index in [-0.39, 0.29) is 12.8 Å². The topological polar surface area (TPSA) is 127 Å². The van der Waals surface area contributed by atoms with Crippen LogP contribution in [0.3, 0.4) is 0 Å². The largest absolute Gasteiger partial charge is 0.480 e. The summed E-state index contributed by atoms with van der Waals surface area (Å²) >= 11 is 0. The van der Waals surface area contributed by atoms with Crippen LogP contribution in [-0.4, -0.2) is 46.4 Å². The second-order valence-corrected chi connectivity index (χ2v) is 4.14. The molecule has 1 heterocycles. The highest BCUT2D eigenvalue weighted by molar-refractivity contribution is 5.87. The summed E-state index contributed by atoms with van der Waals surface area (Å²) in [6.07, 6.45) is 1.28. The molecule has 1 rings (SSSR count). The fourth-order valence-corrected chi connectivity index (χ4v) is 1.92. The van der Waals surface area contributed by atoms with Crippen LogP contribution in [0.4, 0.5) is 0 Å². The molecule has 7 heteroatoms. The maximum absolute atomic E-state index is 11.9. The van der Waals surface area contributed by atoms with Crippen molar-refractivity contribution in [3.05, 3.63) is 0 Å². The van der Waals surface area contributed by atoms with E-state index in [1.165, 1.54) is 4.90 Å². The van der Waals surface area contributed by atoms with Gasteiger partial charge in [-0.05, 0) is 19.3 Å². The van der Waals surface area contributed by atoms with Gasteiger partial charge in [0.25, 0.3) is 0 Å². The second-order valence-electron chi connectivity index (χ2n) is 4.14. The van der Waals surface area contributed by atoms with Gasteiger partial charge in [-0.3, -0.25) is 9.59 Å². The normalized spacial score (nSPS) is 21.2. The van der Waals surface area contributed by atoms with Crippen LogP contribution in [0.15, 0.2) is 0 Å². The van der Waals surface area contributed by atoms with E-state index in [2.05, 4.69) is 0 Å². The van der Waals surface area contributed by atoms with E-state index in [9.17, 15) is 14.4 Å². The molecule has 1 fully saturated rings. The number of aliphatic carboxylic acids is 1. The van der Waals surface area contributed by atoms with Gasteiger partial charge in [0.2, 0.25) is 11.8 Å². The van der Waals surface area contributed by atoms with E-state index >= 15 is 0 Å². The molecule has 17 heavy (non-hydrogen) atoms. The third-order valence-corrected chi connectivity index (χ3v) is 2.84. The Morgan fingerprint density at radius 1 is 1.41 bits per heavy atom. The minimum Gasteiger partial charge on any atom is -0.480 e. The zero-order valence-corrected chi connectivity index (χ0v) is 9.46. The molecule has 0 spiro atoms. The number of likely N-dealkylation sites (tertiary alicyclic amines) is 1. The average Bonchev–Trinajstić information content (AvgIpc) is 2.73. The summed E-state index contributed by atoms with van der Waals surface area (Å²) in [7, 11) is 0.